The average molecular weight is 681 g/mol. The van der Waals surface area contributed by atoms with Crippen LogP contribution in [0.15, 0.2) is 85.0 Å². The first-order chi connectivity index (χ1) is 24.5. The molecular formula is C46H64O4. The van der Waals surface area contributed by atoms with Gasteiger partial charge >= 0.3 is 11.9 Å². The van der Waals surface area contributed by atoms with Crippen LogP contribution in [0.3, 0.4) is 0 Å². The number of hydrogen-bond donors (Lipinski definition) is 0. The molecule has 4 nitrogen and oxygen atoms in total. The third-order valence-corrected chi connectivity index (χ3v) is 11.1. The zero-order chi connectivity index (χ0) is 35.4. The molecule has 4 rings (SSSR count). The second kappa shape index (κ2) is 22.4. The molecule has 0 bridgehead atoms. The van der Waals surface area contributed by atoms with Crippen LogP contribution in [0.1, 0.15) is 162 Å². The number of carbonyl (C=O) groups is 2. The number of benzene rings is 2. The minimum atomic E-state index is -0.680. The van der Waals surface area contributed by atoms with Crippen LogP contribution in [-0.4, -0.2) is 24.6 Å². The minimum absolute atomic E-state index is 0.0393. The monoisotopic (exact) mass is 680 g/mol. The fraction of sp³-hybridized carbons (Fsp3) is 0.565. The fourth-order valence-electron chi connectivity index (χ4n) is 7.91. The Hall–Kier alpha value is -3.40. The van der Waals surface area contributed by atoms with Gasteiger partial charge in [-0.15, -0.1) is 0 Å². The molecule has 0 N–H and O–H groups in total. The van der Waals surface area contributed by atoms with E-state index >= 15 is 0 Å². The van der Waals surface area contributed by atoms with Crippen LogP contribution < -0.4 is 0 Å². The summed E-state index contributed by atoms with van der Waals surface area (Å²) in [6, 6.07) is 16.5. The van der Waals surface area contributed by atoms with E-state index in [-0.39, 0.29) is 19.0 Å². The van der Waals surface area contributed by atoms with E-state index in [1.54, 1.807) is 6.08 Å². The molecule has 0 heterocycles. The van der Waals surface area contributed by atoms with Crippen molar-refractivity contribution < 1.29 is 19.1 Å². The molecule has 2 fully saturated rings. The van der Waals surface area contributed by atoms with Gasteiger partial charge in [0.1, 0.15) is 6.61 Å². The third-order valence-electron chi connectivity index (χ3n) is 11.1. The maximum Gasteiger partial charge on any atom is 0.338 e. The smallest absolute Gasteiger partial charge is 0.338 e. The number of hydrogen-bond acceptors (Lipinski definition) is 4. The van der Waals surface area contributed by atoms with Crippen LogP contribution in [0.2, 0.25) is 0 Å². The van der Waals surface area contributed by atoms with Crippen molar-refractivity contribution in [2.24, 2.45) is 11.8 Å². The van der Waals surface area contributed by atoms with Crippen molar-refractivity contribution in [1.82, 2.24) is 0 Å². The van der Waals surface area contributed by atoms with E-state index in [1.807, 2.05) is 49.4 Å². The second-order valence-corrected chi connectivity index (χ2v) is 14.9. The van der Waals surface area contributed by atoms with Gasteiger partial charge in [0.15, 0.2) is 6.10 Å². The molecule has 2 aromatic rings. The van der Waals surface area contributed by atoms with Gasteiger partial charge in [0.2, 0.25) is 0 Å². The Labute approximate surface area is 303 Å². The van der Waals surface area contributed by atoms with Gasteiger partial charge in [-0.05, 0) is 117 Å². The van der Waals surface area contributed by atoms with Crippen LogP contribution >= 0.6 is 0 Å². The summed E-state index contributed by atoms with van der Waals surface area (Å²) in [5, 5.41) is 0. The summed E-state index contributed by atoms with van der Waals surface area (Å²) in [6.07, 6.45) is 31.8. The summed E-state index contributed by atoms with van der Waals surface area (Å²) in [6.45, 7) is 6.46. The first-order valence-corrected chi connectivity index (χ1v) is 20.0. The third kappa shape index (κ3) is 13.7. The van der Waals surface area contributed by atoms with Crippen molar-refractivity contribution >= 4 is 11.9 Å². The summed E-state index contributed by atoms with van der Waals surface area (Å²) >= 11 is 0. The second-order valence-electron chi connectivity index (χ2n) is 14.9. The number of carbonyl (C=O) groups excluding carboxylic acids is 2. The predicted molar refractivity (Wildman–Crippen MR) is 208 cm³/mol. The van der Waals surface area contributed by atoms with Crippen molar-refractivity contribution in [2.45, 2.75) is 148 Å². The average Bonchev–Trinajstić information content (AvgIpc) is 3.15. The number of esters is 2. The maximum atomic E-state index is 13.1. The minimum Gasteiger partial charge on any atom is -0.458 e. The quantitative estimate of drug-likeness (QED) is 0.0842. The standard InChI is InChI=1S/C46H64O4/c1-4-7-10-11-14-17-44(35-49-46(48)43-32-30-42(31-33-43)40-26-20-37(21-27-40)16-13-9-6-3)50-45(47)34-38-22-28-41(29-23-38)39-24-18-36(19-25-39)15-12-8-5-2/h4,7,10-11,14,17,22-23,28-33,36-37,39-40,44H,5-6,8-9,12-13,15-16,18-21,24-27,34-35H2,1-3H3/b7-4-,11-10-,17-14+. The van der Waals surface area contributed by atoms with Crippen molar-refractivity contribution in [3.63, 3.8) is 0 Å². The summed E-state index contributed by atoms with van der Waals surface area (Å²) in [5.41, 5.74) is 4.15. The summed E-state index contributed by atoms with van der Waals surface area (Å²) < 4.78 is 11.5. The van der Waals surface area contributed by atoms with E-state index in [9.17, 15) is 9.59 Å². The molecule has 0 saturated heterocycles. The van der Waals surface area contributed by atoms with Crippen LogP contribution in [0.25, 0.3) is 0 Å². The fourth-order valence-corrected chi connectivity index (χ4v) is 7.91. The van der Waals surface area contributed by atoms with Gasteiger partial charge in [0.05, 0.1) is 12.0 Å². The van der Waals surface area contributed by atoms with E-state index in [1.165, 1.54) is 114 Å². The largest absolute Gasteiger partial charge is 0.458 e. The molecule has 50 heavy (non-hydrogen) atoms. The van der Waals surface area contributed by atoms with Crippen molar-refractivity contribution in [1.29, 1.82) is 0 Å². The van der Waals surface area contributed by atoms with Crippen LogP contribution in [0.5, 0.6) is 0 Å². The van der Waals surface area contributed by atoms with Gasteiger partial charge in [-0.2, -0.15) is 0 Å². The molecule has 1 atom stereocenters. The summed E-state index contributed by atoms with van der Waals surface area (Å²) in [5.74, 6) is 2.23. The van der Waals surface area contributed by atoms with Gasteiger partial charge < -0.3 is 9.47 Å². The molecule has 0 radical (unpaired) electrons. The molecule has 2 aliphatic carbocycles. The zero-order valence-electron chi connectivity index (χ0n) is 31.3. The Morgan fingerprint density at radius 1 is 0.680 bits per heavy atom. The number of allylic oxidation sites excluding steroid dienone is 5. The highest BCUT2D eigenvalue weighted by Crippen LogP contribution is 2.39. The lowest BCUT2D eigenvalue weighted by atomic mass is 9.77. The predicted octanol–water partition coefficient (Wildman–Crippen LogP) is 12.4. The highest BCUT2D eigenvalue weighted by Gasteiger charge is 2.24. The Bertz CT molecular complexity index is 1340. The van der Waals surface area contributed by atoms with Crippen molar-refractivity contribution in [3.05, 3.63) is 107 Å². The molecule has 2 aromatic carbocycles. The Kier molecular flexibility index (Phi) is 17.7. The van der Waals surface area contributed by atoms with Gasteiger partial charge in [-0.25, -0.2) is 4.79 Å². The molecule has 0 spiro atoms. The molecular weight excluding hydrogens is 617 g/mol. The first kappa shape index (κ1) is 39.4. The highest BCUT2D eigenvalue weighted by atomic mass is 16.6. The molecule has 4 heteroatoms. The summed E-state index contributed by atoms with van der Waals surface area (Å²) in [4.78, 5) is 26.1. The van der Waals surface area contributed by atoms with E-state index in [4.69, 9.17) is 9.47 Å². The van der Waals surface area contributed by atoms with Crippen LogP contribution in [0, 0.1) is 11.8 Å². The normalized spacial score (nSPS) is 21.9. The highest BCUT2D eigenvalue weighted by molar-refractivity contribution is 5.89. The van der Waals surface area contributed by atoms with E-state index in [0.29, 0.717) is 17.4 Å². The van der Waals surface area contributed by atoms with Gasteiger partial charge in [0, 0.05) is 0 Å². The van der Waals surface area contributed by atoms with Gasteiger partial charge in [-0.3, -0.25) is 4.79 Å². The Morgan fingerprint density at radius 2 is 1.20 bits per heavy atom. The van der Waals surface area contributed by atoms with Crippen molar-refractivity contribution in [3.8, 4) is 0 Å². The van der Waals surface area contributed by atoms with E-state index in [0.717, 1.165) is 17.4 Å². The van der Waals surface area contributed by atoms with Crippen molar-refractivity contribution in [2.75, 3.05) is 6.61 Å². The SMILES string of the molecule is C\C=C/C=C\C=C\C(COC(=O)c1ccc(C2CCC(CCCCC)CC2)cc1)OC(=O)Cc1ccc(C2CCC(CCCCC)CC2)cc1. The molecule has 1 unspecified atom stereocenters. The molecule has 272 valence electrons. The Morgan fingerprint density at radius 3 is 1.72 bits per heavy atom. The molecule has 0 aliphatic heterocycles. The maximum absolute atomic E-state index is 13.1. The first-order valence-electron chi connectivity index (χ1n) is 20.0. The summed E-state index contributed by atoms with van der Waals surface area (Å²) in [7, 11) is 0. The lowest BCUT2D eigenvalue weighted by Crippen LogP contribution is -2.24. The topological polar surface area (TPSA) is 52.6 Å². The van der Waals surface area contributed by atoms with E-state index in [2.05, 4.69) is 50.2 Å². The Balaban J connectivity index is 1.25. The van der Waals surface area contributed by atoms with Gasteiger partial charge in [0.25, 0.3) is 0 Å². The molecule has 2 saturated carbocycles. The number of ether oxygens (including phenoxy) is 2. The lowest BCUT2D eigenvalue weighted by molar-refractivity contribution is -0.147. The van der Waals surface area contributed by atoms with Crippen LogP contribution in [-0.2, 0) is 20.7 Å². The molecule has 0 amide bonds. The lowest BCUT2D eigenvalue weighted by Gasteiger charge is -2.29. The van der Waals surface area contributed by atoms with Crippen LogP contribution in [0.4, 0.5) is 0 Å². The molecule has 0 aromatic heterocycles. The molecule has 2 aliphatic rings. The van der Waals surface area contributed by atoms with Gasteiger partial charge in [-0.1, -0.05) is 132 Å². The number of unbranched alkanes of at least 4 members (excludes halogenated alkanes) is 4. The number of rotatable bonds is 19. The van der Waals surface area contributed by atoms with E-state index < -0.39 is 12.1 Å². The zero-order valence-corrected chi connectivity index (χ0v) is 31.3.